The highest BCUT2D eigenvalue weighted by atomic mass is 79.9. The first-order valence-corrected chi connectivity index (χ1v) is 9.83. The van der Waals surface area contributed by atoms with Gasteiger partial charge in [-0.3, -0.25) is 9.59 Å². The van der Waals surface area contributed by atoms with E-state index >= 15 is 0 Å². The summed E-state index contributed by atoms with van der Waals surface area (Å²) in [5.74, 6) is -1.26. The summed E-state index contributed by atoms with van der Waals surface area (Å²) in [6.45, 7) is 7.59. The van der Waals surface area contributed by atoms with Gasteiger partial charge < -0.3 is 5.11 Å². The fourth-order valence-corrected chi connectivity index (χ4v) is 5.34. The van der Waals surface area contributed by atoms with Crippen LogP contribution in [-0.2, 0) is 16.0 Å². The standard InChI is InChI=1S/C21H18Br2O3/c1-3-6-13-7-5-8-14(19(13)25)18-12(4-2)9-10-15-20(26)16(22)11-17(24)21(15,18)23/h3-5,7-9,11,15,18,25H,1-2,6,10H2/t15-,18+,21+/m0/s1. The van der Waals surface area contributed by atoms with E-state index in [1.54, 1.807) is 18.2 Å². The third-order valence-electron chi connectivity index (χ3n) is 5.10. The number of para-hydroxylation sites is 1. The molecule has 0 aromatic heterocycles. The Morgan fingerprint density at radius 1 is 1.31 bits per heavy atom. The fourth-order valence-electron chi connectivity index (χ4n) is 3.83. The number of benzene rings is 1. The Hall–Kier alpha value is -1.72. The predicted octanol–water partition coefficient (Wildman–Crippen LogP) is 4.90. The number of allylic oxidation sites excluding steroid dienone is 6. The molecule has 0 saturated heterocycles. The molecule has 0 unspecified atom stereocenters. The number of hydrogen-bond donors (Lipinski definition) is 1. The normalized spacial score (nSPS) is 28.1. The molecule has 1 aromatic rings. The summed E-state index contributed by atoms with van der Waals surface area (Å²) in [5, 5.41) is 10.8. The molecule has 3 rings (SSSR count). The zero-order chi connectivity index (χ0) is 19.1. The van der Waals surface area contributed by atoms with E-state index in [4.69, 9.17) is 0 Å². The van der Waals surface area contributed by atoms with Gasteiger partial charge in [0, 0.05) is 17.6 Å². The molecule has 134 valence electrons. The molecule has 0 spiro atoms. The van der Waals surface area contributed by atoms with E-state index in [0.29, 0.717) is 22.9 Å². The van der Waals surface area contributed by atoms with Gasteiger partial charge in [-0.15, -0.1) is 6.58 Å². The third-order valence-corrected chi connectivity index (χ3v) is 7.12. The first-order chi connectivity index (χ1) is 12.4. The minimum Gasteiger partial charge on any atom is -0.507 e. The van der Waals surface area contributed by atoms with Crippen molar-refractivity contribution < 1.29 is 14.7 Å². The minimum atomic E-state index is -1.15. The summed E-state index contributed by atoms with van der Waals surface area (Å²) in [4.78, 5) is 25.7. The van der Waals surface area contributed by atoms with Crippen molar-refractivity contribution in [2.45, 2.75) is 23.1 Å². The first-order valence-electron chi connectivity index (χ1n) is 8.25. The van der Waals surface area contributed by atoms with E-state index in [-0.39, 0.29) is 17.3 Å². The van der Waals surface area contributed by atoms with Gasteiger partial charge in [-0.1, -0.05) is 58.9 Å². The average molecular weight is 478 g/mol. The second-order valence-electron chi connectivity index (χ2n) is 6.47. The van der Waals surface area contributed by atoms with E-state index in [1.165, 1.54) is 6.08 Å². The summed E-state index contributed by atoms with van der Waals surface area (Å²) >= 11 is 6.84. The number of halogens is 2. The van der Waals surface area contributed by atoms with Crippen LogP contribution in [-0.4, -0.2) is 21.0 Å². The Balaban J connectivity index is 2.25. The lowest BCUT2D eigenvalue weighted by Gasteiger charge is -2.45. The molecule has 26 heavy (non-hydrogen) atoms. The van der Waals surface area contributed by atoms with Crippen LogP contribution in [0.2, 0.25) is 0 Å². The van der Waals surface area contributed by atoms with Crippen molar-refractivity contribution in [3.63, 3.8) is 0 Å². The zero-order valence-corrected chi connectivity index (χ0v) is 17.2. The smallest absolute Gasteiger partial charge is 0.175 e. The van der Waals surface area contributed by atoms with Crippen LogP contribution in [0.3, 0.4) is 0 Å². The Morgan fingerprint density at radius 2 is 2.04 bits per heavy atom. The molecule has 0 bridgehead atoms. The molecule has 0 amide bonds. The Labute approximate surface area is 169 Å². The fraction of sp³-hybridized carbons (Fsp3) is 0.238. The molecule has 3 nitrogen and oxygen atoms in total. The van der Waals surface area contributed by atoms with E-state index in [9.17, 15) is 14.7 Å². The molecule has 2 aliphatic rings. The van der Waals surface area contributed by atoms with Crippen LogP contribution < -0.4 is 0 Å². The molecule has 1 aromatic carbocycles. The molecular formula is C21H18Br2O3. The highest BCUT2D eigenvalue weighted by Gasteiger charge is 2.57. The van der Waals surface area contributed by atoms with Crippen LogP contribution in [0.4, 0.5) is 0 Å². The molecule has 0 saturated carbocycles. The number of ketones is 2. The van der Waals surface area contributed by atoms with Crippen LogP contribution in [0.5, 0.6) is 5.75 Å². The van der Waals surface area contributed by atoms with Crippen molar-refractivity contribution in [1.29, 1.82) is 0 Å². The van der Waals surface area contributed by atoms with Gasteiger partial charge in [0.15, 0.2) is 11.6 Å². The number of carbonyl (C=O) groups is 2. The molecule has 3 atom stereocenters. The van der Waals surface area contributed by atoms with Gasteiger partial charge in [-0.25, -0.2) is 0 Å². The number of Topliss-reactive ketones (excluding diaryl/α,β-unsaturated/α-hetero) is 1. The van der Waals surface area contributed by atoms with Crippen LogP contribution in [0.25, 0.3) is 0 Å². The molecule has 0 radical (unpaired) electrons. The molecule has 0 heterocycles. The van der Waals surface area contributed by atoms with Gasteiger partial charge in [0.2, 0.25) is 0 Å². The van der Waals surface area contributed by atoms with Crippen molar-refractivity contribution in [1.82, 2.24) is 0 Å². The molecule has 2 aliphatic carbocycles. The van der Waals surface area contributed by atoms with Crippen molar-refractivity contribution in [3.05, 3.63) is 76.8 Å². The monoisotopic (exact) mass is 476 g/mol. The van der Waals surface area contributed by atoms with E-state index in [2.05, 4.69) is 45.0 Å². The SMILES string of the molecule is C=CCc1cccc([C@H]2C(C=C)=CC[C@H]3C(=O)C(Br)=CC(=O)[C@@]23Br)c1O. The van der Waals surface area contributed by atoms with Crippen LogP contribution in [0.15, 0.2) is 65.7 Å². The summed E-state index contributed by atoms with van der Waals surface area (Å²) in [5.41, 5.74) is 2.15. The van der Waals surface area contributed by atoms with Crippen LogP contribution in [0, 0.1) is 5.92 Å². The van der Waals surface area contributed by atoms with Gasteiger partial charge in [0.1, 0.15) is 10.1 Å². The predicted molar refractivity (Wildman–Crippen MR) is 110 cm³/mol. The Morgan fingerprint density at radius 3 is 2.69 bits per heavy atom. The van der Waals surface area contributed by atoms with Crippen molar-refractivity contribution in [2.75, 3.05) is 0 Å². The van der Waals surface area contributed by atoms with Crippen molar-refractivity contribution >= 4 is 43.4 Å². The summed E-state index contributed by atoms with van der Waals surface area (Å²) in [7, 11) is 0. The maximum atomic E-state index is 13.0. The Kier molecular flexibility index (Phi) is 5.22. The average Bonchev–Trinajstić information content (AvgIpc) is 2.62. The lowest BCUT2D eigenvalue weighted by atomic mass is 9.63. The number of aromatic hydroxyl groups is 1. The number of alkyl halides is 1. The number of phenols is 1. The number of carbonyl (C=O) groups excluding carboxylic acids is 2. The summed E-state index contributed by atoms with van der Waals surface area (Å²) in [6.07, 6.45) is 7.61. The molecular weight excluding hydrogens is 460 g/mol. The van der Waals surface area contributed by atoms with Gasteiger partial charge in [-0.05, 0) is 39.9 Å². The van der Waals surface area contributed by atoms with Gasteiger partial charge >= 0.3 is 0 Å². The largest absolute Gasteiger partial charge is 0.507 e. The van der Waals surface area contributed by atoms with Crippen molar-refractivity contribution in [3.8, 4) is 5.75 Å². The number of phenolic OH excluding ortho intramolecular Hbond substituents is 1. The zero-order valence-electron chi connectivity index (χ0n) is 14.0. The van der Waals surface area contributed by atoms with Crippen LogP contribution >= 0.6 is 31.9 Å². The second-order valence-corrected chi connectivity index (χ2v) is 8.63. The highest BCUT2D eigenvalue weighted by molar-refractivity contribution is 9.12. The number of rotatable bonds is 4. The topological polar surface area (TPSA) is 54.4 Å². The lowest BCUT2D eigenvalue weighted by Crippen LogP contribution is -2.52. The quantitative estimate of drug-likeness (QED) is 0.495. The van der Waals surface area contributed by atoms with Gasteiger partial charge in [-0.2, -0.15) is 0 Å². The van der Waals surface area contributed by atoms with E-state index in [0.717, 1.165) is 11.1 Å². The van der Waals surface area contributed by atoms with Crippen molar-refractivity contribution in [2.24, 2.45) is 5.92 Å². The third kappa shape index (κ3) is 2.78. The lowest BCUT2D eigenvalue weighted by molar-refractivity contribution is -0.127. The summed E-state index contributed by atoms with van der Waals surface area (Å²) < 4.78 is -0.856. The molecule has 0 fully saturated rings. The van der Waals surface area contributed by atoms with Gasteiger partial charge in [0.25, 0.3) is 0 Å². The molecule has 0 aliphatic heterocycles. The first kappa shape index (κ1) is 19.1. The molecule has 5 heteroatoms. The minimum absolute atomic E-state index is 0.118. The number of hydrogen-bond acceptors (Lipinski definition) is 3. The maximum Gasteiger partial charge on any atom is 0.175 e. The summed E-state index contributed by atoms with van der Waals surface area (Å²) in [6, 6.07) is 5.46. The second kappa shape index (κ2) is 7.12. The van der Waals surface area contributed by atoms with E-state index < -0.39 is 16.2 Å². The van der Waals surface area contributed by atoms with E-state index in [1.807, 2.05) is 18.2 Å². The molecule has 1 N–H and O–H groups in total. The van der Waals surface area contributed by atoms with Gasteiger partial charge in [0.05, 0.1) is 10.4 Å². The maximum absolute atomic E-state index is 13.0. The number of fused-ring (bicyclic) bond motifs is 1. The highest BCUT2D eigenvalue weighted by Crippen LogP contribution is 2.55. The Bertz CT molecular complexity index is 881. The van der Waals surface area contributed by atoms with Crippen LogP contribution in [0.1, 0.15) is 23.5 Å².